The van der Waals surface area contributed by atoms with Crippen LogP contribution in [0.25, 0.3) is 0 Å². The first-order valence-electron chi connectivity index (χ1n) is 6.33. The molecule has 3 nitrogen and oxygen atoms in total. The van der Waals surface area contributed by atoms with Gasteiger partial charge < -0.3 is 9.88 Å². The molecule has 92 valence electrons. The predicted octanol–water partition coefficient (Wildman–Crippen LogP) is 2.78. The Kier molecular flexibility index (Phi) is 5.53. The summed E-state index contributed by atoms with van der Waals surface area (Å²) in [6.07, 6.45) is 7.77. The first kappa shape index (κ1) is 13.2. The maximum absolute atomic E-state index is 4.40. The lowest BCUT2D eigenvalue weighted by Crippen LogP contribution is -2.20. The Bertz CT molecular complexity index is 291. The van der Waals surface area contributed by atoms with Gasteiger partial charge in [0.25, 0.3) is 0 Å². The summed E-state index contributed by atoms with van der Waals surface area (Å²) < 4.78 is 2.29. The topological polar surface area (TPSA) is 29.9 Å². The molecule has 0 spiro atoms. The van der Waals surface area contributed by atoms with Crippen LogP contribution in [0.2, 0.25) is 0 Å². The van der Waals surface area contributed by atoms with E-state index in [2.05, 4.69) is 41.8 Å². The summed E-state index contributed by atoms with van der Waals surface area (Å²) in [6, 6.07) is 0.632. The van der Waals surface area contributed by atoms with Gasteiger partial charge in [-0.3, -0.25) is 0 Å². The van der Waals surface area contributed by atoms with Crippen LogP contribution in [-0.4, -0.2) is 22.6 Å². The molecule has 0 aromatic carbocycles. The van der Waals surface area contributed by atoms with Crippen molar-refractivity contribution in [3.8, 4) is 0 Å². The van der Waals surface area contributed by atoms with Crippen LogP contribution >= 0.6 is 0 Å². The van der Waals surface area contributed by atoms with Crippen LogP contribution in [0.3, 0.4) is 0 Å². The van der Waals surface area contributed by atoms with Gasteiger partial charge in [0.15, 0.2) is 0 Å². The summed E-state index contributed by atoms with van der Waals surface area (Å²) in [6.45, 7) is 7.73. The molecule has 0 fully saturated rings. The number of imidazole rings is 1. The van der Waals surface area contributed by atoms with Crippen molar-refractivity contribution < 1.29 is 0 Å². The lowest BCUT2D eigenvalue weighted by atomic mass is 10.1. The minimum atomic E-state index is 0.520. The maximum Gasteiger partial charge on any atom is 0.111 e. The molecule has 1 N–H and O–H groups in total. The summed E-state index contributed by atoms with van der Waals surface area (Å²) >= 11 is 0. The van der Waals surface area contributed by atoms with Crippen LogP contribution in [0.4, 0.5) is 0 Å². The van der Waals surface area contributed by atoms with Gasteiger partial charge in [0.05, 0.1) is 0 Å². The molecule has 0 amide bonds. The molecular formula is C13H25N3. The van der Waals surface area contributed by atoms with Crippen molar-refractivity contribution >= 4 is 0 Å². The molecule has 0 bridgehead atoms. The zero-order valence-electron chi connectivity index (χ0n) is 11.0. The highest BCUT2D eigenvalue weighted by Gasteiger charge is 2.06. The van der Waals surface area contributed by atoms with E-state index in [1.165, 1.54) is 25.1 Å². The second-order valence-electron chi connectivity index (χ2n) is 4.82. The van der Waals surface area contributed by atoms with Crippen molar-refractivity contribution in [3.63, 3.8) is 0 Å². The minimum Gasteiger partial charge on any atom is -0.335 e. The summed E-state index contributed by atoms with van der Waals surface area (Å²) in [5, 5.41) is 3.27. The molecule has 0 aliphatic heterocycles. The molecule has 1 aromatic rings. The SMILES string of the molecule is CNC(C)CCCCn1ccnc1C(C)C. The van der Waals surface area contributed by atoms with E-state index in [-0.39, 0.29) is 0 Å². The standard InChI is InChI=1S/C13H25N3/c1-11(2)13-15-8-10-16(13)9-6-5-7-12(3)14-4/h8,10-12,14H,5-7,9H2,1-4H3. The predicted molar refractivity (Wildman–Crippen MR) is 68.7 cm³/mol. The Morgan fingerprint density at radius 1 is 1.31 bits per heavy atom. The Morgan fingerprint density at radius 2 is 2.06 bits per heavy atom. The van der Waals surface area contributed by atoms with E-state index in [9.17, 15) is 0 Å². The van der Waals surface area contributed by atoms with Crippen molar-refractivity contribution in [2.75, 3.05) is 7.05 Å². The zero-order valence-corrected chi connectivity index (χ0v) is 11.0. The van der Waals surface area contributed by atoms with Crippen molar-refractivity contribution in [1.29, 1.82) is 0 Å². The van der Waals surface area contributed by atoms with Crippen LogP contribution in [0, 0.1) is 0 Å². The van der Waals surface area contributed by atoms with Gasteiger partial charge in [0.2, 0.25) is 0 Å². The smallest absolute Gasteiger partial charge is 0.111 e. The molecule has 0 radical (unpaired) electrons. The summed E-state index contributed by atoms with van der Waals surface area (Å²) in [5.41, 5.74) is 0. The second-order valence-corrected chi connectivity index (χ2v) is 4.82. The molecule has 0 aliphatic carbocycles. The average molecular weight is 223 g/mol. The molecule has 1 atom stereocenters. The van der Waals surface area contributed by atoms with Gasteiger partial charge in [-0.1, -0.05) is 20.3 Å². The van der Waals surface area contributed by atoms with Gasteiger partial charge in [-0.25, -0.2) is 4.98 Å². The Morgan fingerprint density at radius 3 is 2.69 bits per heavy atom. The lowest BCUT2D eigenvalue weighted by molar-refractivity contribution is 0.496. The fraction of sp³-hybridized carbons (Fsp3) is 0.769. The molecule has 1 unspecified atom stereocenters. The van der Waals surface area contributed by atoms with Crippen LogP contribution in [-0.2, 0) is 6.54 Å². The molecule has 16 heavy (non-hydrogen) atoms. The highest BCUT2D eigenvalue weighted by atomic mass is 15.1. The molecular weight excluding hydrogens is 198 g/mol. The second kappa shape index (κ2) is 6.69. The monoisotopic (exact) mass is 223 g/mol. The van der Waals surface area contributed by atoms with Gasteiger partial charge in [-0.05, 0) is 26.8 Å². The third-order valence-corrected chi connectivity index (χ3v) is 3.04. The van der Waals surface area contributed by atoms with Crippen molar-refractivity contribution in [2.24, 2.45) is 0 Å². The van der Waals surface area contributed by atoms with E-state index >= 15 is 0 Å². The number of rotatable bonds is 7. The molecule has 1 rings (SSSR count). The van der Waals surface area contributed by atoms with Gasteiger partial charge in [-0.15, -0.1) is 0 Å². The molecule has 0 aliphatic rings. The summed E-state index contributed by atoms with van der Waals surface area (Å²) in [5.74, 6) is 1.73. The number of nitrogens with one attached hydrogen (secondary N) is 1. The number of aromatic nitrogens is 2. The van der Waals surface area contributed by atoms with Crippen LogP contribution in [0.5, 0.6) is 0 Å². The van der Waals surface area contributed by atoms with E-state index in [0.717, 1.165) is 6.54 Å². The van der Waals surface area contributed by atoms with Gasteiger partial charge in [-0.2, -0.15) is 0 Å². The van der Waals surface area contributed by atoms with E-state index < -0.39 is 0 Å². The highest BCUT2D eigenvalue weighted by Crippen LogP contribution is 2.13. The first-order valence-corrected chi connectivity index (χ1v) is 6.33. The number of hydrogen-bond acceptors (Lipinski definition) is 2. The van der Waals surface area contributed by atoms with Crippen molar-refractivity contribution in [2.45, 2.75) is 58.5 Å². The van der Waals surface area contributed by atoms with E-state index in [0.29, 0.717) is 12.0 Å². The van der Waals surface area contributed by atoms with E-state index in [1.54, 1.807) is 0 Å². The van der Waals surface area contributed by atoms with Gasteiger partial charge >= 0.3 is 0 Å². The van der Waals surface area contributed by atoms with Crippen LogP contribution < -0.4 is 5.32 Å². The number of unbranched alkanes of at least 4 members (excludes halogenated alkanes) is 1. The van der Waals surface area contributed by atoms with Gasteiger partial charge in [0, 0.05) is 30.9 Å². The van der Waals surface area contributed by atoms with Crippen molar-refractivity contribution in [1.82, 2.24) is 14.9 Å². The lowest BCUT2D eigenvalue weighted by Gasteiger charge is -2.12. The molecule has 3 heteroatoms. The average Bonchev–Trinajstić information content (AvgIpc) is 2.72. The highest BCUT2D eigenvalue weighted by molar-refractivity contribution is 4.97. The zero-order chi connectivity index (χ0) is 12.0. The largest absolute Gasteiger partial charge is 0.335 e. The Labute approximate surface area is 99.3 Å². The van der Waals surface area contributed by atoms with E-state index in [4.69, 9.17) is 0 Å². The number of nitrogens with zero attached hydrogens (tertiary/aromatic N) is 2. The summed E-state index contributed by atoms with van der Waals surface area (Å²) in [4.78, 5) is 4.40. The van der Waals surface area contributed by atoms with Crippen molar-refractivity contribution in [3.05, 3.63) is 18.2 Å². The first-order chi connectivity index (χ1) is 7.65. The normalized spacial score (nSPS) is 13.3. The minimum absolute atomic E-state index is 0.520. The number of aryl methyl sites for hydroxylation is 1. The third-order valence-electron chi connectivity index (χ3n) is 3.04. The van der Waals surface area contributed by atoms with Gasteiger partial charge in [0.1, 0.15) is 5.82 Å². The van der Waals surface area contributed by atoms with Crippen LogP contribution in [0.15, 0.2) is 12.4 Å². The summed E-state index contributed by atoms with van der Waals surface area (Å²) in [7, 11) is 2.03. The fourth-order valence-electron chi connectivity index (χ4n) is 1.89. The molecule has 0 saturated heterocycles. The quantitative estimate of drug-likeness (QED) is 0.720. The molecule has 1 heterocycles. The Hall–Kier alpha value is -0.830. The number of hydrogen-bond donors (Lipinski definition) is 1. The molecule has 0 saturated carbocycles. The maximum atomic E-state index is 4.40. The van der Waals surface area contributed by atoms with Crippen LogP contribution in [0.1, 0.15) is 51.8 Å². The molecule has 1 aromatic heterocycles. The third kappa shape index (κ3) is 3.97. The Balaban J connectivity index is 2.29. The van der Waals surface area contributed by atoms with E-state index in [1.807, 2.05) is 13.2 Å². The fourth-order valence-corrected chi connectivity index (χ4v) is 1.89.